The van der Waals surface area contributed by atoms with Gasteiger partial charge in [0.2, 0.25) is 0 Å². The highest BCUT2D eigenvalue weighted by Crippen LogP contribution is 2.38. The molecule has 0 radical (unpaired) electrons. The van der Waals surface area contributed by atoms with Crippen molar-refractivity contribution in [2.45, 2.75) is 76.7 Å². The van der Waals surface area contributed by atoms with Gasteiger partial charge < -0.3 is 13.9 Å². The molecule has 0 amide bonds. The molecule has 0 aliphatic carbocycles. The lowest BCUT2D eigenvalue weighted by Crippen LogP contribution is -2.67. The first-order chi connectivity index (χ1) is 15.4. The highest BCUT2D eigenvalue weighted by atomic mass is 28.4. The van der Waals surface area contributed by atoms with Crippen molar-refractivity contribution in [2.75, 3.05) is 14.2 Å². The molecule has 32 heavy (non-hydrogen) atoms. The zero-order valence-electron chi connectivity index (χ0n) is 20.7. The lowest BCUT2D eigenvalue weighted by molar-refractivity contribution is -0.107. The summed E-state index contributed by atoms with van der Waals surface area (Å²) in [6.07, 6.45) is 8.09. The summed E-state index contributed by atoms with van der Waals surface area (Å²) in [4.78, 5) is 0. The van der Waals surface area contributed by atoms with Crippen molar-refractivity contribution < 1.29 is 13.9 Å². The van der Waals surface area contributed by atoms with Crippen LogP contribution in [0.3, 0.4) is 0 Å². The van der Waals surface area contributed by atoms with Crippen LogP contribution in [0.2, 0.25) is 5.04 Å². The fourth-order valence-corrected chi connectivity index (χ4v) is 9.27. The summed E-state index contributed by atoms with van der Waals surface area (Å²) in [5.41, 5.74) is 0. The molecule has 0 aliphatic rings. The quantitative estimate of drug-likeness (QED) is 0.150. The molecule has 1 atom stereocenters. The first kappa shape index (κ1) is 26.5. The smallest absolute Gasteiger partial charge is 0.261 e. The number of hydrogen-bond acceptors (Lipinski definition) is 3. The second-order valence-electron chi connectivity index (χ2n) is 9.45. The van der Waals surface area contributed by atoms with Gasteiger partial charge in [-0.25, -0.2) is 0 Å². The van der Waals surface area contributed by atoms with Crippen molar-refractivity contribution in [3.8, 4) is 0 Å². The van der Waals surface area contributed by atoms with Crippen molar-refractivity contribution >= 4 is 18.7 Å². The van der Waals surface area contributed by atoms with Crippen LogP contribution in [0.25, 0.3) is 0 Å². The average molecular weight is 455 g/mol. The molecular weight excluding hydrogens is 412 g/mol. The molecule has 0 saturated heterocycles. The highest BCUT2D eigenvalue weighted by molar-refractivity contribution is 6.99. The fraction of sp³-hybridized carbons (Fsp3) is 0.500. The molecule has 2 rings (SSSR count). The number of hydrogen-bond donors (Lipinski definition) is 0. The molecule has 2 aromatic rings. The van der Waals surface area contributed by atoms with Gasteiger partial charge in [-0.3, -0.25) is 0 Å². The van der Waals surface area contributed by atoms with E-state index in [1.54, 1.807) is 14.2 Å². The third-order valence-electron chi connectivity index (χ3n) is 6.19. The van der Waals surface area contributed by atoms with Gasteiger partial charge in [0.25, 0.3) is 8.32 Å². The van der Waals surface area contributed by atoms with Crippen LogP contribution in [-0.4, -0.2) is 34.9 Å². The average Bonchev–Trinajstić information content (AvgIpc) is 2.80. The molecule has 176 valence electrons. The zero-order chi connectivity index (χ0) is 23.5. The van der Waals surface area contributed by atoms with Crippen LogP contribution in [0.15, 0.2) is 73.3 Å². The van der Waals surface area contributed by atoms with Gasteiger partial charge in [-0.15, -0.1) is 6.58 Å². The third-order valence-corrected chi connectivity index (χ3v) is 11.3. The lowest BCUT2D eigenvalue weighted by atomic mass is 10.1. The predicted molar refractivity (Wildman–Crippen MR) is 138 cm³/mol. The van der Waals surface area contributed by atoms with E-state index in [-0.39, 0.29) is 17.4 Å². The predicted octanol–water partition coefficient (Wildman–Crippen LogP) is 6.08. The molecule has 0 saturated carbocycles. The monoisotopic (exact) mass is 454 g/mol. The fourth-order valence-electron chi connectivity index (χ4n) is 4.52. The Hall–Kier alpha value is -1.72. The summed E-state index contributed by atoms with van der Waals surface area (Å²) in [6, 6.07) is 21.8. The minimum Gasteiger partial charge on any atom is -0.404 e. The molecule has 0 aliphatic heterocycles. The second-order valence-corrected chi connectivity index (χ2v) is 13.7. The maximum absolute atomic E-state index is 7.37. The number of rotatable bonds is 14. The topological polar surface area (TPSA) is 27.7 Å². The van der Waals surface area contributed by atoms with Crippen molar-refractivity contribution in [1.82, 2.24) is 0 Å². The maximum atomic E-state index is 7.37. The van der Waals surface area contributed by atoms with Crippen molar-refractivity contribution in [3.63, 3.8) is 0 Å². The van der Waals surface area contributed by atoms with Gasteiger partial charge in [-0.1, -0.05) is 93.9 Å². The number of ether oxygens (including phenoxy) is 2. The first-order valence-electron chi connectivity index (χ1n) is 11.8. The van der Waals surface area contributed by atoms with E-state index >= 15 is 0 Å². The largest absolute Gasteiger partial charge is 0.404 e. The van der Waals surface area contributed by atoms with Crippen LogP contribution < -0.4 is 10.4 Å². The Kier molecular flexibility index (Phi) is 10.9. The van der Waals surface area contributed by atoms with Gasteiger partial charge in [-0.2, -0.15) is 0 Å². The minimum atomic E-state index is -2.54. The van der Waals surface area contributed by atoms with E-state index in [0.717, 1.165) is 38.5 Å². The zero-order valence-corrected chi connectivity index (χ0v) is 21.7. The van der Waals surface area contributed by atoms with Crippen LogP contribution in [0.1, 0.15) is 59.3 Å². The first-order valence-corrected chi connectivity index (χ1v) is 13.7. The van der Waals surface area contributed by atoms with Gasteiger partial charge in [-0.05, 0) is 47.5 Å². The Balaban J connectivity index is 2.36. The maximum Gasteiger partial charge on any atom is 0.261 e. The van der Waals surface area contributed by atoms with Crippen molar-refractivity contribution in [2.24, 2.45) is 0 Å². The van der Waals surface area contributed by atoms with E-state index in [1.165, 1.54) is 10.4 Å². The molecule has 0 bridgehead atoms. The number of benzene rings is 2. The summed E-state index contributed by atoms with van der Waals surface area (Å²) in [7, 11) is 0.861. The molecule has 1 unspecified atom stereocenters. The van der Waals surface area contributed by atoms with Gasteiger partial charge in [0.15, 0.2) is 6.29 Å². The second kappa shape index (κ2) is 13.1. The Morgan fingerprint density at radius 2 is 1.31 bits per heavy atom. The Morgan fingerprint density at radius 3 is 1.75 bits per heavy atom. The SMILES string of the molecule is C=CCCC(CCCCC(OC)OC)O[Si](c1ccccc1)(c1ccccc1)C(C)(C)C. The molecule has 3 nitrogen and oxygen atoms in total. The molecule has 0 fully saturated rings. The van der Waals surface area contributed by atoms with E-state index in [0.29, 0.717) is 0 Å². The van der Waals surface area contributed by atoms with E-state index in [2.05, 4.69) is 88.0 Å². The Labute approximate surface area is 196 Å². The van der Waals surface area contributed by atoms with Gasteiger partial charge in [0.05, 0.1) is 0 Å². The summed E-state index contributed by atoms with van der Waals surface area (Å²) in [5.74, 6) is 0. The van der Waals surface area contributed by atoms with Gasteiger partial charge in [0, 0.05) is 20.3 Å². The minimum absolute atomic E-state index is 0.0146. The number of methoxy groups -OCH3 is 2. The van der Waals surface area contributed by atoms with Crippen LogP contribution in [0.4, 0.5) is 0 Å². The Morgan fingerprint density at radius 1 is 0.812 bits per heavy atom. The van der Waals surface area contributed by atoms with Crippen LogP contribution >= 0.6 is 0 Å². The summed E-state index contributed by atoms with van der Waals surface area (Å²) in [5, 5.41) is 2.65. The molecular formula is C28H42O3Si. The normalized spacial score (nSPS) is 13.3. The van der Waals surface area contributed by atoms with Crippen LogP contribution in [0, 0.1) is 0 Å². The summed E-state index contributed by atoms with van der Waals surface area (Å²) in [6.45, 7) is 11.0. The number of unbranched alkanes of at least 4 members (excludes halogenated alkanes) is 1. The van der Waals surface area contributed by atoms with E-state index < -0.39 is 8.32 Å². The van der Waals surface area contributed by atoms with Crippen molar-refractivity contribution in [1.29, 1.82) is 0 Å². The van der Waals surface area contributed by atoms with E-state index in [9.17, 15) is 0 Å². The summed E-state index contributed by atoms with van der Waals surface area (Å²) >= 11 is 0. The summed E-state index contributed by atoms with van der Waals surface area (Å²) < 4.78 is 18.1. The molecule has 0 heterocycles. The van der Waals surface area contributed by atoms with E-state index in [4.69, 9.17) is 13.9 Å². The van der Waals surface area contributed by atoms with Crippen LogP contribution in [-0.2, 0) is 13.9 Å². The van der Waals surface area contributed by atoms with E-state index in [1.807, 2.05) is 6.08 Å². The molecule has 0 spiro atoms. The van der Waals surface area contributed by atoms with Gasteiger partial charge >= 0.3 is 0 Å². The molecule has 4 heteroatoms. The third kappa shape index (κ3) is 6.89. The standard InChI is InChI=1S/C28H42O3Si/c1-7-8-17-24(18-15-16-23-27(29-5)30-6)31-32(28(2,3)4,25-19-11-9-12-20-25)26-21-13-10-14-22-26/h7,9-14,19-22,24,27H,1,8,15-18,23H2,2-6H3. The number of allylic oxidation sites excluding steroid dienone is 1. The highest BCUT2D eigenvalue weighted by Gasteiger charge is 2.51. The lowest BCUT2D eigenvalue weighted by Gasteiger charge is -2.45. The van der Waals surface area contributed by atoms with Crippen LogP contribution in [0.5, 0.6) is 0 Å². The molecule has 0 N–H and O–H groups in total. The Bertz CT molecular complexity index is 727. The van der Waals surface area contributed by atoms with Gasteiger partial charge in [0.1, 0.15) is 0 Å². The molecule has 0 aromatic heterocycles. The molecule has 2 aromatic carbocycles. The van der Waals surface area contributed by atoms with Crippen molar-refractivity contribution in [3.05, 3.63) is 73.3 Å².